The number of amides is 1. The molecule has 0 N–H and O–H groups in total. The fourth-order valence-corrected chi connectivity index (χ4v) is 2.05. The van der Waals surface area contributed by atoms with E-state index in [4.69, 9.17) is 0 Å². The molecule has 0 saturated carbocycles. The summed E-state index contributed by atoms with van der Waals surface area (Å²) < 4.78 is 0. The fourth-order valence-electron chi connectivity index (χ4n) is 2.05. The Kier molecular flexibility index (Phi) is 7.07. The van der Waals surface area contributed by atoms with E-state index in [1.54, 1.807) is 6.20 Å². The Balaban J connectivity index is 2.30. The standard InChI is InChI=1S/C15H24N2O/c1-3-11-17(12-4-2)15(18)9-5-7-14-8-6-10-16-13-14/h6,8,10,13H,3-5,7,9,11-12H2,1-2H3. The van der Waals surface area contributed by atoms with Crippen LogP contribution in [0.2, 0.25) is 0 Å². The van der Waals surface area contributed by atoms with Crippen LogP contribution in [0, 0.1) is 0 Å². The maximum Gasteiger partial charge on any atom is 0.222 e. The zero-order valence-corrected chi connectivity index (χ0v) is 11.6. The van der Waals surface area contributed by atoms with Crippen molar-refractivity contribution in [3.8, 4) is 0 Å². The van der Waals surface area contributed by atoms with Crippen LogP contribution in [0.25, 0.3) is 0 Å². The second-order valence-electron chi connectivity index (χ2n) is 4.60. The third kappa shape index (κ3) is 5.30. The maximum atomic E-state index is 12.0. The van der Waals surface area contributed by atoms with Gasteiger partial charge in [0.1, 0.15) is 0 Å². The summed E-state index contributed by atoms with van der Waals surface area (Å²) >= 11 is 0. The Morgan fingerprint density at radius 2 is 2.00 bits per heavy atom. The predicted molar refractivity (Wildman–Crippen MR) is 74.3 cm³/mol. The van der Waals surface area contributed by atoms with Gasteiger partial charge in [-0.2, -0.15) is 0 Å². The first-order chi connectivity index (χ1) is 8.77. The van der Waals surface area contributed by atoms with Crippen LogP contribution in [0.5, 0.6) is 0 Å². The third-order valence-electron chi connectivity index (χ3n) is 2.92. The summed E-state index contributed by atoms with van der Waals surface area (Å²) in [5, 5.41) is 0. The van der Waals surface area contributed by atoms with Gasteiger partial charge in [-0.05, 0) is 37.3 Å². The fraction of sp³-hybridized carbons (Fsp3) is 0.600. The molecule has 0 aliphatic carbocycles. The first-order valence-electron chi connectivity index (χ1n) is 6.94. The largest absolute Gasteiger partial charge is 0.343 e. The van der Waals surface area contributed by atoms with E-state index >= 15 is 0 Å². The van der Waals surface area contributed by atoms with Gasteiger partial charge in [0.25, 0.3) is 0 Å². The Bertz CT molecular complexity index is 332. The molecule has 18 heavy (non-hydrogen) atoms. The van der Waals surface area contributed by atoms with Crippen molar-refractivity contribution in [1.29, 1.82) is 0 Å². The molecule has 0 bridgehead atoms. The van der Waals surface area contributed by atoms with E-state index in [1.165, 1.54) is 5.56 Å². The molecular weight excluding hydrogens is 224 g/mol. The molecule has 100 valence electrons. The van der Waals surface area contributed by atoms with E-state index in [9.17, 15) is 4.79 Å². The minimum atomic E-state index is 0.294. The number of hydrogen-bond acceptors (Lipinski definition) is 2. The lowest BCUT2D eigenvalue weighted by Gasteiger charge is -2.21. The molecule has 0 atom stereocenters. The predicted octanol–water partition coefficient (Wildman–Crippen LogP) is 3.05. The lowest BCUT2D eigenvalue weighted by Crippen LogP contribution is -2.32. The van der Waals surface area contributed by atoms with E-state index in [2.05, 4.69) is 24.9 Å². The van der Waals surface area contributed by atoms with Gasteiger partial charge >= 0.3 is 0 Å². The van der Waals surface area contributed by atoms with Crippen molar-refractivity contribution in [2.45, 2.75) is 46.0 Å². The van der Waals surface area contributed by atoms with Crippen LogP contribution in [0.15, 0.2) is 24.5 Å². The van der Waals surface area contributed by atoms with Gasteiger partial charge in [0, 0.05) is 31.9 Å². The van der Waals surface area contributed by atoms with Gasteiger partial charge in [-0.3, -0.25) is 9.78 Å². The first kappa shape index (κ1) is 14.7. The van der Waals surface area contributed by atoms with Crippen molar-refractivity contribution in [1.82, 2.24) is 9.88 Å². The highest BCUT2D eigenvalue weighted by atomic mass is 16.2. The van der Waals surface area contributed by atoms with Gasteiger partial charge in [0.05, 0.1) is 0 Å². The molecule has 3 nitrogen and oxygen atoms in total. The van der Waals surface area contributed by atoms with Crippen LogP contribution in [0.3, 0.4) is 0 Å². The number of pyridine rings is 1. The van der Waals surface area contributed by atoms with E-state index in [-0.39, 0.29) is 0 Å². The smallest absolute Gasteiger partial charge is 0.222 e. The molecule has 1 amide bonds. The molecule has 0 spiro atoms. The zero-order chi connectivity index (χ0) is 13.2. The van der Waals surface area contributed by atoms with Gasteiger partial charge in [-0.1, -0.05) is 19.9 Å². The summed E-state index contributed by atoms with van der Waals surface area (Å²) in [6.45, 7) is 6.01. The van der Waals surface area contributed by atoms with Crippen molar-refractivity contribution in [2.75, 3.05) is 13.1 Å². The van der Waals surface area contributed by atoms with E-state index < -0.39 is 0 Å². The molecule has 1 aromatic rings. The number of carbonyl (C=O) groups is 1. The normalized spacial score (nSPS) is 10.3. The van der Waals surface area contributed by atoms with E-state index in [1.807, 2.05) is 17.2 Å². The third-order valence-corrected chi connectivity index (χ3v) is 2.92. The van der Waals surface area contributed by atoms with Crippen LogP contribution < -0.4 is 0 Å². The molecule has 0 fully saturated rings. The number of hydrogen-bond donors (Lipinski definition) is 0. The average Bonchev–Trinajstić information content (AvgIpc) is 2.39. The Labute approximate surface area is 110 Å². The first-order valence-corrected chi connectivity index (χ1v) is 6.94. The Hall–Kier alpha value is -1.38. The highest BCUT2D eigenvalue weighted by Crippen LogP contribution is 2.06. The van der Waals surface area contributed by atoms with Crippen molar-refractivity contribution >= 4 is 5.91 Å². The van der Waals surface area contributed by atoms with Gasteiger partial charge in [-0.15, -0.1) is 0 Å². The summed E-state index contributed by atoms with van der Waals surface area (Å²) in [4.78, 5) is 18.1. The molecule has 0 unspecified atom stereocenters. The summed E-state index contributed by atoms with van der Waals surface area (Å²) in [5.41, 5.74) is 1.21. The summed E-state index contributed by atoms with van der Waals surface area (Å²) in [7, 11) is 0. The Morgan fingerprint density at radius 3 is 2.56 bits per heavy atom. The van der Waals surface area contributed by atoms with Crippen molar-refractivity contribution < 1.29 is 4.79 Å². The highest BCUT2D eigenvalue weighted by Gasteiger charge is 2.10. The second-order valence-corrected chi connectivity index (χ2v) is 4.60. The number of aryl methyl sites for hydroxylation is 1. The molecule has 0 aromatic carbocycles. The molecule has 0 saturated heterocycles. The lowest BCUT2D eigenvalue weighted by atomic mass is 10.1. The topological polar surface area (TPSA) is 33.2 Å². The average molecular weight is 248 g/mol. The van der Waals surface area contributed by atoms with Crippen LogP contribution in [0.4, 0.5) is 0 Å². The van der Waals surface area contributed by atoms with E-state index in [0.717, 1.165) is 38.8 Å². The number of nitrogens with zero attached hydrogens (tertiary/aromatic N) is 2. The van der Waals surface area contributed by atoms with Gasteiger partial charge < -0.3 is 4.90 Å². The minimum Gasteiger partial charge on any atom is -0.343 e. The molecule has 1 rings (SSSR count). The molecule has 0 aliphatic heterocycles. The highest BCUT2D eigenvalue weighted by molar-refractivity contribution is 5.76. The number of rotatable bonds is 8. The van der Waals surface area contributed by atoms with Crippen molar-refractivity contribution in [3.63, 3.8) is 0 Å². The van der Waals surface area contributed by atoms with Gasteiger partial charge in [-0.25, -0.2) is 0 Å². The quantitative estimate of drug-likeness (QED) is 0.708. The molecule has 0 aliphatic rings. The second kappa shape index (κ2) is 8.67. The zero-order valence-electron chi connectivity index (χ0n) is 11.6. The number of carbonyl (C=O) groups excluding carboxylic acids is 1. The minimum absolute atomic E-state index is 0.294. The summed E-state index contributed by atoms with van der Waals surface area (Å²) in [5.74, 6) is 0.294. The number of aromatic nitrogens is 1. The Morgan fingerprint density at radius 1 is 1.28 bits per heavy atom. The molecular formula is C15H24N2O. The van der Waals surface area contributed by atoms with Crippen LogP contribution in [0.1, 0.15) is 45.1 Å². The monoisotopic (exact) mass is 248 g/mol. The lowest BCUT2D eigenvalue weighted by molar-refractivity contribution is -0.131. The molecule has 0 radical (unpaired) electrons. The summed E-state index contributed by atoms with van der Waals surface area (Å²) in [6, 6.07) is 4.00. The maximum absolute atomic E-state index is 12.0. The van der Waals surface area contributed by atoms with Gasteiger partial charge in [0.2, 0.25) is 5.91 Å². The SMILES string of the molecule is CCCN(CCC)C(=O)CCCc1cccnc1. The molecule has 1 aromatic heterocycles. The van der Waals surface area contributed by atoms with Crippen LogP contribution >= 0.6 is 0 Å². The molecule has 1 heterocycles. The van der Waals surface area contributed by atoms with Crippen molar-refractivity contribution in [2.24, 2.45) is 0 Å². The summed E-state index contributed by atoms with van der Waals surface area (Å²) in [6.07, 6.45) is 8.22. The van der Waals surface area contributed by atoms with Crippen molar-refractivity contribution in [3.05, 3.63) is 30.1 Å². The van der Waals surface area contributed by atoms with E-state index in [0.29, 0.717) is 12.3 Å². The van der Waals surface area contributed by atoms with Crippen LogP contribution in [-0.4, -0.2) is 28.9 Å². The molecule has 3 heteroatoms. The van der Waals surface area contributed by atoms with Crippen LogP contribution in [-0.2, 0) is 11.2 Å². The van der Waals surface area contributed by atoms with Gasteiger partial charge in [0.15, 0.2) is 0 Å².